The average Bonchev–Trinajstić information content (AvgIpc) is 2.52. The molecule has 1 aromatic rings. The fraction of sp³-hybridized carbons (Fsp3) is 0.533. The Balaban J connectivity index is 2.37. The summed E-state index contributed by atoms with van der Waals surface area (Å²) in [4.78, 5) is 11.8. The van der Waals surface area contributed by atoms with Crippen LogP contribution < -0.4 is 20.5 Å². The lowest BCUT2D eigenvalue weighted by Gasteiger charge is -2.10. The molecule has 0 aliphatic carbocycles. The third-order valence-corrected chi connectivity index (χ3v) is 4.07. The van der Waals surface area contributed by atoms with E-state index in [-0.39, 0.29) is 25.0 Å². The van der Waals surface area contributed by atoms with Crippen LogP contribution >= 0.6 is 0 Å². The van der Waals surface area contributed by atoms with Crippen LogP contribution in [0.15, 0.2) is 24.3 Å². The van der Waals surface area contributed by atoms with Crippen LogP contribution in [0, 0.1) is 0 Å². The number of amides is 1. The minimum atomic E-state index is -3.55. The summed E-state index contributed by atoms with van der Waals surface area (Å²) in [5.74, 6) is -0.00525. The van der Waals surface area contributed by atoms with Gasteiger partial charge in [-0.1, -0.05) is 0 Å². The molecule has 0 unspecified atom stereocenters. The number of hydrogen-bond acceptors (Lipinski definition) is 6. The fourth-order valence-electron chi connectivity index (χ4n) is 1.66. The lowest BCUT2D eigenvalue weighted by molar-refractivity contribution is -0.115. The van der Waals surface area contributed by atoms with E-state index >= 15 is 0 Å². The maximum atomic E-state index is 11.8. The highest BCUT2D eigenvalue weighted by atomic mass is 32.2. The molecule has 1 amide bonds. The van der Waals surface area contributed by atoms with Crippen molar-refractivity contribution in [3.63, 3.8) is 0 Å². The Hall–Kier alpha value is -1.68. The van der Waals surface area contributed by atoms with E-state index in [9.17, 15) is 13.2 Å². The number of benzene rings is 1. The monoisotopic (exact) mass is 359 g/mol. The number of anilines is 1. The predicted octanol–water partition coefficient (Wildman–Crippen LogP) is 0.307. The molecule has 0 atom stereocenters. The van der Waals surface area contributed by atoms with Gasteiger partial charge in [0, 0.05) is 12.2 Å². The molecule has 0 saturated heterocycles. The summed E-state index contributed by atoms with van der Waals surface area (Å²) in [5.41, 5.74) is 5.88. The molecular formula is C15H25N3O5S. The second-order valence-corrected chi connectivity index (χ2v) is 7.20. The molecule has 8 nitrogen and oxygen atoms in total. The van der Waals surface area contributed by atoms with Gasteiger partial charge in [-0.05, 0) is 38.1 Å². The topological polar surface area (TPSA) is 120 Å². The van der Waals surface area contributed by atoms with Gasteiger partial charge in [-0.25, -0.2) is 13.1 Å². The molecule has 1 rings (SSSR count). The Labute approximate surface area is 142 Å². The largest absolute Gasteiger partial charge is 0.492 e. The zero-order valence-corrected chi connectivity index (χ0v) is 14.8. The third kappa shape index (κ3) is 8.82. The van der Waals surface area contributed by atoms with E-state index in [1.165, 1.54) is 0 Å². The van der Waals surface area contributed by atoms with Crippen LogP contribution in [0.5, 0.6) is 5.75 Å². The molecular weight excluding hydrogens is 334 g/mol. The number of ether oxygens (including phenoxy) is 2. The molecule has 0 heterocycles. The van der Waals surface area contributed by atoms with Crippen molar-refractivity contribution in [3.8, 4) is 5.75 Å². The molecule has 136 valence electrons. The number of sulfonamides is 1. The van der Waals surface area contributed by atoms with Crippen LogP contribution in [0.3, 0.4) is 0 Å². The first-order valence-electron chi connectivity index (χ1n) is 7.64. The zero-order valence-electron chi connectivity index (χ0n) is 13.9. The smallest absolute Gasteiger partial charge is 0.239 e. The van der Waals surface area contributed by atoms with E-state index in [2.05, 4.69) is 10.0 Å². The third-order valence-electron chi connectivity index (χ3n) is 2.78. The van der Waals surface area contributed by atoms with Crippen LogP contribution in [0.25, 0.3) is 0 Å². The van der Waals surface area contributed by atoms with Crippen molar-refractivity contribution >= 4 is 21.6 Å². The predicted molar refractivity (Wildman–Crippen MR) is 92.5 cm³/mol. The van der Waals surface area contributed by atoms with Crippen molar-refractivity contribution in [1.82, 2.24) is 4.72 Å². The molecule has 0 aromatic heterocycles. The van der Waals surface area contributed by atoms with Gasteiger partial charge in [0.15, 0.2) is 0 Å². The molecule has 4 N–H and O–H groups in total. The summed E-state index contributed by atoms with van der Waals surface area (Å²) in [6, 6.07) is 6.71. The SMILES string of the molecule is CC(C)OCCS(=O)(=O)NCC(=O)Nc1ccc(OCCN)cc1. The van der Waals surface area contributed by atoms with Crippen LogP contribution in [0.2, 0.25) is 0 Å². The summed E-state index contributed by atoms with van der Waals surface area (Å²) in [6.45, 7) is 4.21. The van der Waals surface area contributed by atoms with Gasteiger partial charge in [0.05, 0.1) is 25.0 Å². The van der Waals surface area contributed by atoms with E-state index in [1.54, 1.807) is 24.3 Å². The van der Waals surface area contributed by atoms with E-state index in [4.69, 9.17) is 15.2 Å². The normalized spacial score (nSPS) is 11.5. The highest BCUT2D eigenvalue weighted by Gasteiger charge is 2.13. The van der Waals surface area contributed by atoms with Crippen molar-refractivity contribution in [2.24, 2.45) is 5.73 Å². The zero-order chi connectivity index (χ0) is 18.0. The maximum Gasteiger partial charge on any atom is 0.239 e. The first-order valence-corrected chi connectivity index (χ1v) is 9.29. The van der Waals surface area contributed by atoms with E-state index in [0.717, 1.165) is 0 Å². The molecule has 0 aliphatic rings. The summed E-state index contributed by atoms with van der Waals surface area (Å²) in [6.07, 6.45) is -0.0414. The molecule has 0 radical (unpaired) electrons. The molecule has 0 fully saturated rings. The van der Waals surface area contributed by atoms with Gasteiger partial charge in [-0.3, -0.25) is 4.79 Å². The Morgan fingerprint density at radius 1 is 1.21 bits per heavy atom. The number of carbonyl (C=O) groups is 1. The van der Waals surface area contributed by atoms with Gasteiger partial charge >= 0.3 is 0 Å². The number of rotatable bonds is 11. The minimum Gasteiger partial charge on any atom is -0.492 e. The first-order chi connectivity index (χ1) is 11.3. The first kappa shape index (κ1) is 20.4. The summed E-state index contributed by atoms with van der Waals surface area (Å²) in [7, 11) is -3.55. The standard InChI is InChI=1S/C15H25N3O5S/c1-12(2)22-9-10-24(20,21)17-11-15(19)18-13-3-5-14(6-4-13)23-8-7-16/h3-6,12,17H,7-11,16H2,1-2H3,(H,18,19). The number of nitrogens with one attached hydrogen (secondary N) is 2. The van der Waals surface area contributed by atoms with Crippen LogP contribution in [-0.2, 0) is 19.6 Å². The van der Waals surface area contributed by atoms with Crippen molar-refractivity contribution < 1.29 is 22.7 Å². The van der Waals surface area contributed by atoms with Crippen molar-refractivity contribution in [2.45, 2.75) is 20.0 Å². The Morgan fingerprint density at radius 3 is 2.46 bits per heavy atom. The van der Waals surface area contributed by atoms with Crippen LogP contribution in [-0.4, -0.2) is 52.5 Å². The molecule has 0 aliphatic heterocycles. The van der Waals surface area contributed by atoms with E-state index < -0.39 is 15.9 Å². The van der Waals surface area contributed by atoms with Gasteiger partial charge in [-0.2, -0.15) is 0 Å². The second kappa shape index (κ2) is 10.2. The molecule has 0 saturated carbocycles. The lowest BCUT2D eigenvalue weighted by Crippen LogP contribution is -2.35. The van der Waals surface area contributed by atoms with Crippen molar-refractivity contribution in [1.29, 1.82) is 0 Å². The summed E-state index contributed by atoms with van der Waals surface area (Å²) >= 11 is 0. The fourth-order valence-corrected chi connectivity index (χ4v) is 2.47. The van der Waals surface area contributed by atoms with Gasteiger partial charge in [-0.15, -0.1) is 0 Å². The quantitative estimate of drug-likeness (QED) is 0.523. The van der Waals surface area contributed by atoms with Crippen LogP contribution in [0.4, 0.5) is 5.69 Å². The molecule has 0 bridgehead atoms. The van der Waals surface area contributed by atoms with Gasteiger partial charge in [0.25, 0.3) is 0 Å². The maximum absolute atomic E-state index is 11.8. The van der Waals surface area contributed by atoms with Gasteiger partial charge < -0.3 is 20.5 Å². The van der Waals surface area contributed by atoms with Crippen molar-refractivity contribution in [3.05, 3.63) is 24.3 Å². The molecule has 1 aromatic carbocycles. The van der Waals surface area contributed by atoms with Gasteiger partial charge in [0.2, 0.25) is 15.9 Å². The summed E-state index contributed by atoms with van der Waals surface area (Å²) < 4.78 is 36.2. The average molecular weight is 359 g/mol. The lowest BCUT2D eigenvalue weighted by atomic mass is 10.3. The van der Waals surface area contributed by atoms with E-state index in [0.29, 0.717) is 24.6 Å². The minimum absolute atomic E-state index is 0.0414. The highest BCUT2D eigenvalue weighted by Crippen LogP contribution is 2.15. The molecule has 24 heavy (non-hydrogen) atoms. The van der Waals surface area contributed by atoms with E-state index in [1.807, 2.05) is 13.8 Å². The Bertz CT molecular complexity index is 602. The summed E-state index contributed by atoms with van der Waals surface area (Å²) in [5, 5.41) is 2.59. The highest BCUT2D eigenvalue weighted by molar-refractivity contribution is 7.89. The number of hydrogen-bond donors (Lipinski definition) is 3. The van der Waals surface area contributed by atoms with Crippen molar-refractivity contribution in [2.75, 3.05) is 37.4 Å². The van der Waals surface area contributed by atoms with Crippen LogP contribution in [0.1, 0.15) is 13.8 Å². The number of carbonyl (C=O) groups excluding carboxylic acids is 1. The Morgan fingerprint density at radius 2 is 1.88 bits per heavy atom. The van der Waals surface area contributed by atoms with Gasteiger partial charge in [0.1, 0.15) is 12.4 Å². The number of nitrogens with two attached hydrogens (primary N) is 1. The molecule has 0 spiro atoms. The Kier molecular flexibility index (Phi) is 8.69. The molecule has 9 heteroatoms. The second-order valence-electron chi connectivity index (χ2n) is 5.27.